The first-order valence-electron chi connectivity index (χ1n) is 7.05. The van der Waals surface area contributed by atoms with Crippen molar-refractivity contribution in [3.63, 3.8) is 0 Å². The number of aromatic nitrogens is 1. The molecule has 1 heterocycles. The first-order valence-corrected chi connectivity index (χ1v) is 7.85. The molecule has 0 unspecified atom stereocenters. The van der Waals surface area contributed by atoms with E-state index < -0.39 is 0 Å². The molecular weight excluding hydrogens is 286 g/mol. The van der Waals surface area contributed by atoms with Gasteiger partial charge in [0.15, 0.2) is 0 Å². The van der Waals surface area contributed by atoms with Crippen LogP contribution in [0.1, 0.15) is 45.4 Å². The van der Waals surface area contributed by atoms with E-state index in [1.54, 1.807) is 0 Å². The number of rotatable bonds is 7. The molecule has 98 valence electrons. The number of fused-ring (bicyclic) bond motifs is 1. The predicted octanol–water partition coefficient (Wildman–Crippen LogP) is 5.76. The van der Waals surface area contributed by atoms with Gasteiger partial charge in [0, 0.05) is 28.1 Å². The van der Waals surface area contributed by atoms with Crippen LogP contribution in [0.2, 0.25) is 0 Å². The van der Waals surface area contributed by atoms with E-state index in [0.717, 1.165) is 11.0 Å². The molecule has 0 N–H and O–H groups in total. The first kappa shape index (κ1) is 13.7. The van der Waals surface area contributed by atoms with Crippen LogP contribution >= 0.6 is 15.9 Å². The van der Waals surface area contributed by atoms with E-state index in [1.807, 2.05) is 0 Å². The summed E-state index contributed by atoms with van der Waals surface area (Å²) in [5, 5.41) is 1.33. The molecule has 0 aliphatic rings. The highest BCUT2D eigenvalue weighted by Gasteiger charge is 2.01. The lowest BCUT2D eigenvalue weighted by Crippen LogP contribution is -1.95. The maximum atomic E-state index is 3.52. The smallest absolute Gasteiger partial charge is 0.0481 e. The topological polar surface area (TPSA) is 4.93 Å². The fourth-order valence-corrected chi connectivity index (χ4v) is 2.81. The highest BCUT2D eigenvalue weighted by atomic mass is 79.9. The van der Waals surface area contributed by atoms with Gasteiger partial charge in [0.25, 0.3) is 0 Å². The molecule has 0 fully saturated rings. The van der Waals surface area contributed by atoms with Crippen LogP contribution in [0, 0.1) is 0 Å². The van der Waals surface area contributed by atoms with Crippen molar-refractivity contribution in [2.75, 3.05) is 0 Å². The molecule has 18 heavy (non-hydrogen) atoms. The van der Waals surface area contributed by atoms with Gasteiger partial charge in [0.1, 0.15) is 0 Å². The Labute approximate surface area is 118 Å². The summed E-state index contributed by atoms with van der Waals surface area (Å²) in [4.78, 5) is 0. The number of hydrogen-bond acceptors (Lipinski definition) is 0. The number of halogens is 1. The molecule has 1 aromatic heterocycles. The van der Waals surface area contributed by atoms with E-state index >= 15 is 0 Å². The number of nitrogens with zero attached hydrogens (tertiary/aromatic N) is 1. The monoisotopic (exact) mass is 307 g/mol. The lowest BCUT2D eigenvalue weighted by Gasteiger charge is -2.05. The van der Waals surface area contributed by atoms with Gasteiger partial charge in [0.05, 0.1) is 0 Å². The van der Waals surface area contributed by atoms with E-state index in [2.05, 4.69) is 57.9 Å². The van der Waals surface area contributed by atoms with Gasteiger partial charge in [-0.1, -0.05) is 55.0 Å². The van der Waals surface area contributed by atoms with Crippen molar-refractivity contribution in [3.05, 3.63) is 34.9 Å². The van der Waals surface area contributed by atoms with Gasteiger partial charge in [-0.25, -0.2) is 0 Å². The molecule has 2 rings (SSSR count). The van der Waals surface area contributed by atoms with Crippen LogP contribution in [-0.4, -0.2) is 4.57 Å². The summed E-state index contributed by atoms with van der Waals surface area (Å²) < 4.78 is 3.54. The second kappa shape index (κ2) is 6.98. The summed E-state index contributed by atoms with van der Waals surface area (Å²) in [6, 6.07) is 8.72. The molecule has 2 heteroatoms. The van der Waals surface area contributed by atoms with Crippen molar-refractivity contribution >= 4 is 26.8 Å². The average Bonchev–Trinajstić information content (AvgIpc) is 2.76. The Kier molecular flexibility index (Phi) is 5.30. The Morgan fingerprint density at radius 1 is 1.00 bits per heavy atom. The quantitative estimate of drug-likeness (QED) is 0.573. The minimum Gasteiger partial charge on any atom is -0.347 e. The molecule has 0 aliphatic carbocycles. The van der Waals surface area contributed by atoms with Crippen molar-refractivity contribution < 1.29 is 0 Å². The predicted molar refractivity (Wildman–Crippen MR) is 83.0 cm³/mol. The van der Waals surface area contributed by atoms with Crippen molar-refractivity contribution in [2.24, 2.45) is 0 Å². The van der Waals surface area contributed by atoms with Crippen molar-refractivity contribution in [1.82, 2.24) is 4.57 Å². The maximum absolute atomic E-state index is 3.52. The molecule has 0 amide bonds. The summed E-state index contributed by atoms with van der Waals surface area (Å²) in [7, 11) is 0. The number of benzene rings is 1. The van der Waals surface area contributed by atoms with Crippen LogP contribution in [0.3, 0.4) is 0 Å². The minimum atomic E-state index is 1.15. The number of aryl methyl sites for hydroxylation is 1. The third-order valence-electron chi connectivity index (χ3n) is 3.49. The van der Waals surface area contributed by atoms with Crippen LogP contribution in [0.25, 0.3) is 10.9 Å². The molecule has 0 saturated heterocycles. The van der Waals surface area contributed by atoms with Gasteiger partial charge in [0.2, 0.25) is 0 Å². The molecule has 0 atom stereocenters. The van der Waals surface area contributed by atoms with Gasteiger partial charge >= 0.3 is 0 Å². The second-order valence-electron chi connectivity index (χ2n) is 4.98. The lowest BCUT2D eigenvalue weighted by molar-refractivity contribution is 0.565. The molecule has 0 radical (unpaired) electrons. The largest absolute Gasteiger partial charge is 0.347 e. The molecule has 0 aliphatic heterocycles. The Morgan fingerprint density at radius 3 is 2.61 bits per heavy atom. The fraction of sp³-hybridized carbons (Fsp3) is 0.500. The normalized spacial score (nSPS) is 11.2. The zero-order valence-electron chi connectivity index (χ0n) is 11.2. The van der Waals surface area contributed by atoms with Crippen LogP contribution in [0.5, 0.6) is 0 Å². The van der Waals surface area contributed by atoms with Crippen molar-refractivity contribution in [2.45, 2.75) is 52.0 Å². The number of hydrogen-bond donors (Lipinski definition) is 0. The van der Waals surface area contributed by atoms with E-state index in [9.17, 15) is 0 Å². The Hall–Kier alpha value is -0.760. The SMILES string of the molecule is CCCCCCCCn1ccc2cc(Br)ccc21. The van der Waals surface area contributed by atoms with E-state index in [4.69, 9.17) is 0 Å². The van der Waals surface area contributed by atoms with Crippen LogP contribution in [0.15, 0.2) is 34.9 Å². The standard InChI is InChI=1S/C16H22BrN/c1-2-3-4-5-6-7-11-18-12-10-14-13-15(17)8-9-16(14)18/h8-10,12-13H,2-7,11H2,1H3. The zero-order valence-corrected chi connectivity index (χ0v) is 12.7. The molecule has 0 spiro atoms. The molecule has 2 aromatic rings. The highest BCUT2D eigenvalue weighted by Crippen LogP contribution is 2.21. The van der Waals surface area contributed by atoms with E-state index in [1.165, 1.54) is 49.4 Å². The molecule has 1 aromatic carbocycles. The fourth-order valence-electron chi connectivity index (χ4n) is 2.43. The third kappa shape index (κ3) is 3.61. The average molecular weight is 308 g/mol. The third-order valence-corrected chi connectivity index (χ3v) is 3.98. The van der Waals surface area contributed by atoms with Crippen molar-refractivity contribution in [1.29, 1.82) is 0 Å². The lowest BCUT2D eigenvalue weighted by atomic mass is 10.1. The van der Waals surface area contributed by atoms with Gasteiger partial charge in [-0.15, -0.1) is 0 Å². The number of unbranched alkanes of at least 4 members (excludes halogenated alkanes) is 5. The highest BCUT2D eigenvalue weighted by molar-refractivity contribution is 9.10. The Balaban J connectivity index is 1.84. The molecule has 0 saturated carbocycles. The van der Waals surface area contributed by atoms with Crippen LogP contribution in [-0.2, 0) is 6.54 Å². The minimum absolute atomic E-state index is 1.15. The Morgan fingerprint density at radius 2 is 1.78 bits per heavy atom. The first-order chi connectivity index (χ1) is 8.81. The summed E-state index contributed by atoms with van der Waals surface area (Å²) in [5.41, 5.74) is 1.35. The van der Waals surface area contributed by atoms with Crippen LogP contribution < -0.4 is 0 Å². The molecular formula is C16H22BrN. The summed E-state index contributed by atoms with van der Waals surface area (Å²) in [5.74, 6) is 0. The molecule has 0 bridgehead atoms. The van der Waals surface area contributed by atoms with E-state index in [-0.39, 0.29) is 0 Å². The summed E-state index contributed by atoms with van der Waals surface area (Å²) in [6.45, 7) is 3.42. The summed E-state index contributed by atoms with van der Waals surface area (Å²) in [6.07, 6.45) is 10.4. The maximum Gasteiger partial charge on any atom is 0.0481 e. The zero-order chi connectivity index (χ0) is 12.8. The summed E-state index contributed by atoms with van der Waals surface area (Å²) >= 11 is 3.52. The Bertz CT molecular complexity index is 487. The van der Waals surface area contributed by atoms with E-state index in [0.29, 0.717) is 0 Å². The van der Waals surface area contributed by atoms with Crippen molar-refractivity contribution in [3.8, 4) is 0 Å². The van der Waals surface area contributed by atoms with Gasteiger partial charge in [-0.05, 0) is 30.7 Å². The second-order valence-corrected chi connectivity index (χ2v) is 5.90. The van der Waals surface area contributed by atoms with Crippen LogP contribution in [0.4, 0.5) is 0 Å². The van der Waals surface area contributed by atoms with Gasteiger partial charge in [-0.2, -0.15) is 0 Å². The molecule has 1 nitrogen and oxygen atoms in total. The van der Waals surface area contributed by atoms with Gasteiger partial charge in [-0.3, -0.25) is 0 Å². The van der Waals surface area contributed by atoms with Gasteiger partial charge < -0.3 is 4.57 Å².